The third-order valence-electron chi connectivity index (χ3n) is 3.38. The molecule has 0 saturated heterocycles. The van der Waals surface area contributed by atoms with E-state index >= 15 is 0 Å². The van der Waals surface area contributed by atoms with Gasteiger partial charge in [0.1, 0.15) is 10.8 Å². The highest BCUT2D eigenvalue weighted by molar-refractivity contribution is 7.09. The van der Waals surface area contributed by atoms with Crippen LogP contribution in [0.1, 0.15) is 36.0 Å². The lowest BCUT2D eigenvalue weighted by Crippen LogP contribution is -2.36. The number of thiazole rings is 1. The third-order valence-corrected chi connectivity index (χ3v) is 4.24. The van der Waals surface area contributed by atoms with Crippen LogP contribution >= 0.6 is 11.3 Å². The molecule has 0 amide bonds. The molecule has 5 nitrogen and oxygen atoms in total. The van der Waals surface area contributed by atoms with Gasteiger partial charge in [-0.3, -0.25) is 4.99 Å². The van der Waals surface area contributed by atoms with E-state index in [4.69, 9.17) is 0 Å². The Kier molecular flexibility index (Phi) is 7.12. The average molecular weight is 368 g/mol. The summed E-state index contributed by atoms with van der Waals surface area (Å²) < 4.78 is 28.9. The maximum atomic E-state index is 12.3. The number of aliphatic imine (C=N–C) groups is 1. The zero-order valence-electron chi connectivity index (χ0n) is 14.4. The predicted octanol–water partition coefficient (Wildman–Crippen LogP) is 3.73. The van der Waals surface area contributed by atoms with Crippen LogP contribution in [-0.2, 0) is 13.1 Å². The molecule has 0 aliphatic heterocycles. The van der Waals surface area contributed by atoms with Crippen LogP contribution in [0, 0.1) is 0 Å². The van der Waals surface area contributed by atoms with Crippen LogP contribution in [0.2, 0.25) is 0 Å². The monoisotopic (exact) mass is 368 g/mol. The second-order valence-electron chi connectivity index (χ2n) is 5.63. The van der Waals surface area contributed by atoms with Gasteiger partial charge in [-0.2, -0.15) is 8.78 Å². The molecule has 0 aliphatic rings. The smallest absolute Gasteiger partial charge is 0.387 e. The van der Waals surface area contributed by atoms with Crippen LogP contribution in [0.25, 0.3) is 0 Å². The van der Waals surface area contributed by atoms with E-state index in [-0.39, 0.29) is 5.75 Å². The van der Waals surface area contributed by atoms with Gasteiger partial charge in [0.05, 0.1) is 12.2 Å². The molecule has 0 fully saturated rings. The van der Waals surface area contributed by atoms with Crippen molar-refractivity contribution < 1.29 is 13.5 Å². The van der Waals surface area contributed by atoms with Crippen LogP contribution in [0.5, 0.6) is 5.75 Å². The zero-order valence-corrected chi connectivity index (χ0v) is 15.2. The molecule has 2 aromatic rings. The highest BCUT2D eigenvalue weighted by Gasteiger charge is 2.07. The summed E-state index contributed by atoms with van der Waals surface area (Å²) in [5, 5.41) is 9.38. The Bertz CT molecular complexity index is 703. The Labute approximate surface area is 150 Å². The minimum Gasteiger partial charge on any atom is -0.435 e. The Morgan fingerprint density at radius 3 is 2.68 bits per heavy atom. The maximum absolute atomic E-state index is 12.3. The van der Waals surface area contributed by atoms with Gasteiger partial charge in [0, 0.05) is 19.0 Å². The minimum absolute atomic E-state index is 0.140. The maximum Gasteiger partial charge on any atom is 0.387 e. The van der Waals surface area contributed by atoms with E-state index in [1.165, 1.54) is 6.07 Å². The molecule has 136 valence electrons. The van der Waals surface area contributed by atoms with Crippen molar-refractivity contribution >= 4 is 17.3 Å². The van der Waals surface area contributed by atoms with Gasteiger partial charge in [0.2, 0.25) is 0 Å². The molecule has 0 bridgehead atoms. The third kappa shape index (κ3) is 6.30. The number of alkyl halides is 2. The highest BCUT2D eigenvalue weighted by Crippen LogP contribution is 2.18. The average Bonchev–Trinajstić information content (AvgIpc) is 3.04. The molecule has 1 aromatic carbocycles. The lowest BCUT2D eigenvalue weighted by atomic mass is 10.2. The Hall–Kier alpha value is -2.22. The summed E-state index contributed by atoms with van der Waals surface area (Å²) in [6, 6.07) is 6.57. The fourth-order valence-electron chi connectivity index (χ4n) is 2.07. The second-order valence-corrected chi connectivity index (χ2v) is 6.57. The molecule has 0 spiro atoms. The topological polar surface area (TPSA) is 58.5 Å². The molecule has 0 atom stereocenters. The number of halogens is 2. The number of rotatable bonds is 7. The van der Waals surface area contributed by atoms with Crippen LogP contribution in [0.4, 0.5) is 8.78 Å². The van der Waals surface area contributed by atoms with Crippen molar-refractivity contribution in [1.82, 2.24) is 15.6 Å². The van der Waals surface area contributed by atoms with Crippen molar-refractivity contribution in [3.05, 3.63) is 45.9 Å². The summed E-state index contributed by atoms with van der Waals surface area (Å²) in [4.78, 5) is 8.71. The van der Waals surface area contributed by atoms with E-state index in [0.29, 0.717) is 25.0 Å². The van der Waals surface area contributed by atoms with E-state index in [0.717, 1.165) is 16.3 Å². The van der Waals surface area contributed by atoms with E-state index in [9.17, 15) is 8.78 Å². The molecule has 0 saturated carbocycles. The number of guanidine groups is 1. The summed E-state index contributed by atoms with van der Waals surface area (Å²) in [7, 11) is 1.67. The standard InChI is InChI=1S/C17H22F2N4OS/c1-11(2)14-10-25-15(23-14)9-22-17(20-3)21-8-12-5-4-6-13(7-12)24-16(18)19/h4-7,10-11,16H,8-9H2,1-3H3,(H2,20,21,22). The molecular formula is C17H22F2N4OS. The van der Waals surface area contributed by atoms with Crippen molar-refractivity contribution in [2.45, 2.75) is 39.5 Å². The van der Waals surface area contributed by atoms with E-state index in [2.05, 4.69) is 44.6 Å². The van der Waals surface area contributed by atoms with Crippen LogP contribution < -0.4 is 15.4 Å². The molecule has 2 N–H and O–H groups in total. The van der Waals surface area contributed by atoms with Crippen LogP contribution in [0.15, 0.2) is 34.6 Å². The summed E-state index contributed by atoms with van der Waals surface area (Å²) in [6.45, 7) is 2.41. The second kappa shape index (κ2) is 9.31. The normalized spacial score (nSPS) is 11.9. The largest absolute Gasteiger partial charge is 0.435 e. The van der Waals surface area contributed by atoms with Crippen molar-refractivity contribution in [2.24, 2.45) is 4.99 Å². The first-order valence-electron chi connectivity index (χ1n) is 7.90. The first-order valence-corrected chi connectivity index (χ1v) is 8.78. The molecule has 2 rings (SSSR count). The lowest BCUT2D eigenvalue weighted by Gasteiger charge is -2.12. The fraction of sp³-hybridized carbons (Fsp3) is 0.412. The predicted molar refractivity (Wildman–Crippen MR) is 96.3 cm³/mol. The van der Waals surface area contributed by atoms with Gasteiger partial charge in [-0.1, -0.05) is 26.0 Å². The van der Waals surface area contributed by atoms with Crippen molar-refractivity contribution in [2.75, 3.05) is 7.05 Å². The number of nitrogens with one attached hydrogen (secondary N) is 2. The van der Waals surface area contributed by atoms with E-state index < -0.39 is 6.61 Å². The number of hydrogen-bond acceptors (Lipinski definition) is 4. The van der Waals surface area contributed by atoms with Crippen molar-refractivity contribution in [3.8, 4) is 5.75 Å². The number of nitrogens with zero attached hydrogens (tertiary/aromatic N) is 2. The number of aromatic nitrogens is 1. The molecule has 8 heteroatoms. The highest BCUT2D eigenvalue weighted by atomic mass is 32.1. The first kappa shape index (κ1) is 19.1. The van der Waals surface area contributed by atoms with Crippen LogP contribution in [0.3, 0.4) is 0 Å². The fourth-order valence-corrected chi connectivity index (χ4v) is 2.96. The molecule has 25 heavy (non-hydrogen) atoms. The zero-order chi connectivity index (χ0) is 18.2. The Morgan fingerprint density at radius 2 is 2.04 bits per heavy atom. The number of hydrogen-bond donors (Lipinski definition) is 2. The molecular weight excluding hydrogens is 346 g/mol. The molecule has 1 aromatic heterocycles. The van der Waals surface area contributed by atoms with Crippen molar-refractivity contribution in [3.63, 3.8) is 0 Å². The lowest BCUT2D eigenvalue weighted by molar-refractivity contribution is -0.0498. The van der Waals surface area contributed by atoms with Gasteiger partial charge >= 0.3 is 6.61 Å². The molecule has 1 heterocycles. The van der Waals surface area contributed by atoms with Gasteiger partial charge in [0.15, 0.2) is 5.96 Å². The van der Waals surface area contributed by atoms with Crippen molar-refractivity contribution in [1.29, 1.82) is 0 Å². The summed E-state index contributed by atoms with van der Waals surface area (Å²) >= 11 is 1.61. The quantitative estimate of drug-likeness (QED) is 0.577. The van der Waals surface area contributed by atoms with Gasteiger partial charge in [-0.15, -0.1) is 11.3 Å². The summed E-state index contributed by atoms with van der Waals surface area (Å²) in [6.07, 6.45) is 0. The van der Waals surface area contributed by atoms with E-state index in [1.54, 1.807) is 30.5 Å². The summed E-state index contributed by atoms with van der Waals surface area (Å²) in [5.74, 6) is 1.16. The van der Waals surface area contributed by atoms with E-state index in [1.807, 2.05) is 6.07 Å². The molecule has 0 unspecified atom stereocenters. The number of ether oxygens (including phenoxy) is 1. The van der Waals surface area contributed by atoms with Gasteiger partial charge in [-0.05, 0) is 23.6 Å². The van der Waals surface area contributed by atoms with Gasteiger partial charge in [-0.25, -0.2) is 4.98 Å². The molecule has 0 aliphatic carbocycles. The Balaban J connectivity index is 1.85. The van der Waals surface area contributed by atoms with Crippen LogP contribution in [-0.4, -0.2) is 24.6 Å². The van der Waals surface area contributed by atoms with Gasteiger partial charge in [0.25, 0.3) is 0 Å². The summed E-state index contributed by atoms with van der Waals surface area (Å²) in [5.41, 5.74) is 1.90. The SMILES string of the molecule is CN=C(NCc1cccc(OC(F)F)c1)NCc1nc(C(C)C)cs1. The number of benzene rings is 1. The minimum atomic E-state index is -2.83. The molecule has 0 radical (unpaired) electrons. The Morgan fingerprint density at radius 1 is 1.28 bits per heavy atom. The first-order chi connectivity index (χ1) is 12.0. The van der Waals surface area contributed by atoms with Gasteiger partial charge < -0.3 is 15.4 Å².